The Morgan fingerprint density at radius 3 is 2.45 bits per heavy atom. The van der Waals surface area contributed by atoms with Crippen LogP contribution in [0.15, 0.2) is 48.7 Å². The quantitative estimate of drug-likeness (QED) is 0.785. The van der Waals surface area contributed by atoms with Crippen LogP contribution in [0.4, 0.5) is 10.5 Å². The van der Waals surface area contributed by atoms with Crippen molar-refractivity contribution in [2.45, 2.75) is 6.54 Å². The highest BCUT2D eigenvalue weighted by Gasteiger charge is 2.05. The van der Waals surface area contributed by atoms with Gasteiger partial charge in [-0.2, -0.15) is 0 Å². The number of primary amides is 1. The third-order valence-corrected chi connectivity index (χ3v) is 2.57. The number of benzene rings is 1. The molecule has 0 aliphatic heterocycles. The minimum absolute atomic E-state index is 0.232. The SMILES string of the molecule is NC(=O)Nc1ccc(CNC(=O)c2ccccn2)cc1. The molecule has 102 valence electrons. The maximum absolute atomic E-state index is 11.8. The Morgan fingerprint density at radius 2 is 1.85 bits per heavy atom. The second-order valence-corrected chi connectivity index (χ2v) is 4.08. The van der Waals surface area contributed by atoms with Crippen LogP contribution >= 0.6 is 0 Å². The van der Waals surface area contributed by atoms with Gasteiger partial charge in [0.25, 0.3) is 5.91 Å². The van der Waals surface area contributed by atoms with Crippen molar-refractivity contribution in [3.8, 4) is 0 Å². The number of hydrogen-bond acceptors (Lipinski definition) is 3. The van der Waals surface area contributed by atoms with E-state index in [0.717, 1.165) is 5.56 Å². The van der Waals surface area contributed by atoms with Gasteiger partial charge >= 0.3 is 6.03 Å². The molecule has 4 N–H and O–H groups in total. The van der Waals surface area contributed by atoms with Crippen LogP contribution in [-0.2, 0) is 6.54 Å². The van der Waals surface area contributed by atoms with Crippen molar-refractivity contribution in [1.29, 1.82) is 0 Å². The van der Waals surface area contributed by atoms with Crippen LogP contribution in [0.25, 0.3) is 0 Å². The van der Waals surface area contributed by atoms with Gasteiger partial charge < -0.3 is 16.4 Å². The summed E-state index contributed by atoms with van der Waals surface area (Å²) in [6.07, 6.45) is 1.57. The Balaban J connectivity index is 1.91. The first kappa shape index (κ1) is 13.5. The zero-order valence-corrected chi connectivity index (χ0v) is 10.7. The highest BCUT2D eigenvalue weighted by molar-refractivity contribution is 5.92. The smallest absolute Gasteiger partial charge is 0.316 e. The molecular weight excluding hydrogens is 256 g/mol. The number of anilines is 1. The topological polar surface area (TPSA) is 97.1 Å². The van der Waals surface area contributed by atoms with Crippen LogP contribution in [0.3, 0.4) is 0 Å². The van der Waals surface area contributed by atoms with E-state index in [0.29, 0.717) is 17.9 Å². The number of aromatic nitrogens is 1. The van der Waals surface area contributed by atoms with Crippen molar-refractivity contribution in [3.63, 3.8) is 0 Å². The number of nitrogens with one attached hydrogen (secondary N) is 2. The highest BCUT2D eigenvalue weighted by atomic mass is 16.2. The van der Waals surface area contributed by atoms with Crippen LogP contribution < -0.4 is 16.4 Å². The van der Waals surface area contributed by atoms with Crippen LogP contribution in [0, 0.1) is 0 Å². The number of hydrogen-bond donors (Lipinski definition) is 3. The van der Waals surface area contributed by atoms with Gasteiger partial charge in [0.05, 0.1) is 0 Å². The molecule has 1 heterocycles. The number of carbonyl (C=O) groups is 2. The Hall–Kier alpha value is -2.89. The van der Waals surface area contributed by atoms with Gasteiger partial charge in [-0.3, -0.25) is 9.78 Å². The zero-order chi connectivity index (χ0) is 14.4. The second-order valence-electron chi connectivity index (χ2n) is 4.08. The standard InChI is InChI=1S/C14H14N4O2/c15-14(20)18-11-6-4-10(5-7-11)9-17-13(19)12-3-1-2-8-16-12/h1-8H,9H2,(H,17,19)(H3,15,18,20). The average molecular weight is 270 g/mol. The van der Waals surface area contributed by atoms with E-state index in [4.69, 9.17) is 5.73 Å². The molecule has 0 aliphatic carbocycles. The molecule has 0 bridgehead atoms. The minimum atomic E-state index is -0.610. The van der Waals surface area contributed by atoms with Crippen LogP contribution in [0.5, 0.6) is 0 Å². The number of amides is 3. The van der Waals surface area contributed by atoms with Gasteiger partial charge in [-0.1, -0.05) is 18.2 Å². The first-order valence-corrected chi connectivity index (χ1v) is 6.00. The fourth-order valence-electron chi connectivity index (χ4n) is 1.62. The molecule has 0 saturated carbocycles. The van der Waals surface area contributed by atoms with Crippen LogP contribution in [0.2, 0.25) is 0 Å². The van der Waals surface area contributed by atoms with Gasteiger partial charge in [0, 0.05) is 18.4 Å². The van der Waals surface area contributed by atoms with Gasteiger partial charge in [-0.05, 0) is 29.8 Å². The van der Waals surface area contributed by atoms with E-state index in [1.807, 2.05) is 0 Å². The molecule has 0 aliphatic rings. The fourth-order valence-corrected chi connectivity index (χ4v) is 1.62. The third-order valence-electron chi connectivity index (χ3n) is 2.57. The van der Waals surface area contributed by atoms with E-state index < -0.39 is 6.03 Å². The van der Waals surface area contributed by atoms with Gasteiger partial charge in [-0.25, -0.2) is 4.79 Å². The highest BCUT2D eigenvalue weighted by Crippen LogP contribution is 2.09. The van der Waals surface area contributed by atoms with Crippen molar-refractivity contribution in [1.82, 2.24) is 10.3 Å². The summed E-state index contributed by atoms with van der Waals surface area (Å²) in [5.74, 6) is -0.232. The van der Waals surface area contributed by atoms with E-state index in [-0.39, 0.29) is 5.91 Å². The molecule has 6 heteroatoms. The number of urea groups is 1. The number of rotatable bonds is 4. The maximum Gasteiger partial charge on any atom is 0.316 e. The molecule has 1 aromatic carbocycles. The van der Waals surface area contributed by atoms with Crippen molar-refractivity contribution in [3.05, 3.63) is 59.9 Å². The monoisotopic (exact) mass is 270 g/mol. The molecule has 3 amide bonds. The number of pyridine rings is 1. The second kappa shape index (κ2) is 6.33. The van der Waals surface area contributed by atoms with Gasteiger partial charge in [0.1, 0.15) is 5.69 Å². The van der Waals surface area contributed by atoms with E-state index in [2.05, 4.69) is 15.6 Å². The van der Waals surface area contributed by atoms with Gasteiger partial charge in [0.15, 0.2) is 0 Å². The van der Waals surface area contributed by atoms with Crippen molar-refractivity contribution in [2.75, 3.05) is 5.32 Å². The lowest BCUT2D eigenvalue weighted by atomic mass is 10.2. The third kappa shape index (κ3) is 3.81. The largest absolute Gasteiger partial charge is 0.351 e. The summed E-state index contributed by atoms with van der Waals surface area (Å²) in [7, 11) is 0. The molecule has 0 unspecified atom stereocenters. The lowest BCUT2D eigenvalue weighted by Gasteiger charge is -2.06. The first-order chi connectivity index (χ1) is 9.65. The summed E-state index contributed by atoms with van der Waals surface area (Å²) in [6, 6.07) is 11.6. The summed E-state index contributed by atoms with van der Waals surface area (Å²) >= 11 is 0. The molecule has 2 rings (SSSR count). The number of nitrogens with zero attached hydrogens (tertiary/aromatic N) is 1. The Morgan fingerprint density at radius 1 is 1.10 bits per heavy atom. The lowest BCUT2D eigenvalue weighted by Crippen LogP contribution is -2.23. The number of nitrogens with two attached hydrogens (primary N) is 1. The Bertz CT molecular complexity index is 596. The summed E-state index contributed by atoms with van der Waals surface area (Å²) in [5, 5.41) is 5.23. The number of carbonyl (C=O) groups excluding carboxylic acids is 2. The van der Waals surface area contributed by atoms with Crippen molar-refractivity contribution >= 4 is 17.6 Å². The van der Waals surface area contributed by atoms with Gasteiger partial charge in [0.2, 0.25) is 0 Å². The van der Waals surface area contributed by atoms with Crippen LogP contribution in [-0.4, -0.2) is 16.9 Å². The molecule has 0 saturated heterocycles. The van der Waals surface area contributed by atoms with E-state index >= 15 is 0 Å². The van der Waals surface area contributed by atoms with Crippen molar-refractivity contribution < 1.29 is 9.59 Å². The van der Waals surface area contributed by atoms with Crippen molar-refractivity contribution in [2.24, 2.45) is 5.73 Å². The Kier molecular flexibility index (Phi) is 4.28. The molecule has 0 radical (unpaired) electrons. The average Bonchev–Trinajstić information content (AvgIpc) is 2.46. The molecule has 0 atom stereocenters. The maximum atomic E-state index is 11.8. The molecule has 0 fully saturated rings. The van der Waals surface area contributed by atoms with E-state index in [1.54, 1.807) is 48.7 Å². The fraction of sp³-hybridized carbons (Fsp3) is 0.0714. The summed E-state index contributed by atoms with van der Waals surface area (Å²) < 4.78 is 0. The predicted octanol–water partition coefficient (Wildman–Crippen LogP) is 1.50. The van der Waals surface area contributed by atoms with Gasteiger partial charge in [-0.15, -0.1) is 0 Å². The van der Waals surface area contributed by atoms with E-state index in [1.165, 1.54) is 0 Å². The molecule has 20 heavy (non-hydrogen) atoms. The zero-order valence-electron chi connectivity index (χ0n) is 10.7. The lowest BCUT2D eigenvalue weighted by molar-refractivity contribution is 0.0946. The summed E-state index contributed by atoms with van der Waals surface area (Å²) in [6.45, 7) is 0.381. The Labute approximate surface area is 116 Å². The summed E-state index contributed by atoms with van der Waals surface area (Å²) in [4.78, 5) is 26.4. The molecule has 0 spiro atoms. The van der Waals surface area contributed by atoms with E-state index in [9.17, 15) is 9.59 Å². The molecular formula is C14H14N4O2. The molecule has 2 aromatic rings. The minimum Gasteiger partial charge on any atom is -0.351 e. The molecule has 1 aromatic heterocycles. The molecule has 6 nitrogen and oxygen atoms in total. The normalized spacial score (nSPS) is 9.80. The first-order valence-electron chi connectivity index (χ1n) is 6.00. The predicted molar refractivity (Wildman–Crippen MR) is 75.1 cm³/mol. The van der Waals surface area contributed by atoms with Crippen LogP contribution in [0.1, 0.15) is 16.1 Å². The summed E-state index contributed by atoms with van der Waals surface area (Å²) in [5.41, 5.74) is 6.90.